The molecule has 0 atom stereocenters. The van der Waals surface area contributed by atoms with Gasteiger partial charge in [0.25, 0.3) is 0 Å². The molecule has 0 fully saturated rings. The molecule has 0 aromatic heterocycles. The van der Waals surface area contributed by atoms with Crippen LogP contribution in [0.5, 0.6) is 0 Å². The van der Waals surface area contributed by atoms with Crippen molar-refractivity contribution in [3.63, 3.8) is 0 Å². The van der Waals surface area contributed by atoms with Crippen LogP contribution in [0.25, 0.3) is 0 Å². The van der Waals surface area contributed by atoms with Crippen molar-refractivity contribution in [2.75, 3.05) is 0 Å². The maximum Gasteiger partial charge on any atom is 0.101 e. The second kappa shape index (κ2) is 18.1. The highest BCUT2D eigenvalue weighted by Gasteiger charge is 2.09. The fraction of sp³-hybridized carbons (Fsp3) is 0.606. The highest BCUT2D eigenvalue weighted by atomic mass is 14.8. The Bertz CT molecular complexity index is 777. The van der Waals surface area contributed by atoms with Crippen LogP contribution in [0.15, 0.2) is 46.4 Å². The van der Waals surface area contributed by atoms with E-state index in [1.807, 2.05) is 0 Å². The molecule has 2 aromatic rings. The topological polar surface area (TPSA) is 24.7 Å². The van der Waals surface area contributed by atoms with Crippen molar-refractivity contribution in [3.05, 3.63) is 58.7 Å². The Hall–Kier alpha value is -2.18. The second-order valence-electron chi connectivity index (χ2n) is 10.0. The predicted octanol–water partition coefficient (Wildman–Crippen LogP) is 10.8. The molecular weight excluding hydrogens is 424 g/mol. The first-order valence-electron chi connectivity index (χ1n) is 14.6. The number of hydrogen-bond acceptors (Lipinski definition) is 2. The molecule has 0 aliphatic rings. The highest BCUT2D eigenvalue weighted by Crippen LogP contribution is 2.30. The molecule has 35 heavy (non-hydrogen) atoms. The maximum atomic E-state index is 4.92. The summed E-state index contributed by atoms with van der Waals surface area (Å²) in [6, 6.07) is 16.7. The third-order valence-corrected chi connectivity index (χ3v) is 6.93. The Morgan fingerprint density at radius 3 is 1.00 bits per heavy atom. The van der Waals surface area contributed by atoms with Crippen molar-refractivity contribution in [2.24, 2.45) is 9.98 Å². The molecule has 0 bridgehead atoms. The van der Waals surface area contributed by atoms with Gasteiger partial charge in [0, 0.05) is 0 Å². The van der Waals surface area contributed by atoms with Crippen LogP contribution in [0.1, 0.15) is 127 Å². The molecule has 0 unspecified atom stereocenters. The van der Waals surface area contributed by atoms with Gasteiger partial charge in [0.1, 0.15) is 6.01 Å². The lowest BCUT2D eigenvalue weighted by Gasteiger charge is -2.11. The van der Waals surface area contributed by atoms with E-state index < -0.39 is 0 Å². The monoisotopic (exact) mass is 474 g/mol. The fourth-order valence-corrected chi connectivity index (χ4v) is 4.77. The minimum atomic E-state index is 1.09. The summed E-state index contributed by atoms with van der Waals surface area (Å²) < 4.78 is 0. The lowest BCUT2D eigenvalue weighted by atomic mass is 9.98. The van der Waals surface area contributed by atoms with Crippen LogP contribution in [0.3, 0.4) is 0 Å². The lowest BCUT2D eigenvalue weighted by Crippen LogP contribution is -1.94. The Labute approximate surface area is 216 Å². The molecule has 0 N–H and O–H groups in total. The summed E-state index contributed by atoms with van der Waals surface area (Å²) in [5, 5.41) is 0. The van der Waals surface area contributed by atoms with Gasteiger partial charge in [-0.3, -0.25) is 0 Å². The molecule has 0 spiro atoms. The van der Waals surface area contributed by atoms with E-state index in [-0.39, 0.29) is 0 Å². The van der Waals surface area contributed by atoms with Gasteiger partial charge in [-0.2, -0.15) is 9.98 Å². The lowest BCUT2D eigenvalue weighted by molar-refractivity contribution is 0.709. The van der Waals surface area contributed by atoms with Crippen LogP contribution in [0, 0.1) is 0 Å². The van der Waals surface area contributed by atoms with Crippen LogP contribution in [0.4, 0.5) is 11.4 Å². The average molecular weight is 475 g/mol. The molecule has 2 heteroatoms. The number of unbranched alkanes of at least 4 members (excludes halogenated alkanes) is 8. The second-order valence-corrected chi connectivity index (χ2v) is 10.0. The van der Waals surface area contributed by atoms with Gasteiger partial charge < -0.3 is 0 Å². The summed E-state index contributed by atoms with van der Waals surface area (Å²) >= 11 is 0. The summed E-state index contributed by atoms with van der Waals surface area (Å²) in [5.41, 5.74) is 7.67. The molecule has 192 valence electrons. The summed E-state index contributed by atoms with van der Waals surface area (Å²) in [6.07, 6.45) is 19.3. The van der Waals surface area contributed by atoms with E-state index in [0.29, 0.717) is 0 Å². The van der Waals surface area contributed by atoms with Crippen molar-refractivity contribution in [2.45, 2.75) is 130 Å². The van der Waals surface area contributed by atoms with E-state index in [2.05, 4.69) is 70.1 Å². The molecule has 2 aromatic carbocycles. The molecule has 2 nitrogen and oxygen atoms in total. The quantitative estimate of drug-likeness (QED) is 0.152. The van der Waals surface area contributed by atoms with Crippen molar-refractivity contribution in [1.29, 1.82) is 0 Å². The SMILES string of the molecule is CCCCCc1cccc(CCCCC)c1N=C=Nc1c(CCCCC)cccc1CCCCC. The van der Waals surface area contributed by atoms with Crippen LogP contribution in [0.2, 0.25) is 0 Å². The molecule has 2 rings (SSSR count). The number of aliphatic imine (C=N–C) groups is 2. The van der Waals surface area contributed by atoms with Crippen molar-refractivity contribution < 1.29 is 0 Å². The normalized spacial score (nSPS) is 10.9. The average Bonchev–Trinajstić information content (AvgIpc) is 2.87. The summed E-state index contributed by atoms with van der Waals surface area (Å²) in [4.78, 5) is 9.83. The third kappa shape index (κ3) is 10.5. The van der Waals surface area contributed by atoms with Gasteiger partial charge in [-0.25, -0.2) is 0 Å². The minimum Gasteiger partial charge on any atom is -0.187 e. The zero-order chi connectivity index (χ0) is 25.1. The zero-order valence-electron chi connectivity index (χ0n) is 23.2. The summed E-state index contributed by atoms with van der Waals surface area (Å²) in [7, 11) is 0. The third-order valence-electron chi connectivity index (χ3n) is 6.93. The largest absolute Gasteiger partial charge is 0.187 e. The van der Waals surface area contributed by atoms with Crippen LogP contribution >= 0.6 is 0 Å². The van der Waals surface area contributed by atoms with E-state index in [0.717, 1.165) is 37.1 Å². The van der Waals surface area contributed by atoms with E-state index >= 15 is 0 Å². The Morgan fingerprint density at radius 2 is 0.743 bits per heavy atom. The highest BCUT2D eigenvalue weighted by molar-refractivity contribution is 5.65. The standard InChI is InChI=1S/C33H50N2/c1-5-9-13-19-28-23-17-24-29(20-14-10-6-2)32(28)34-27-35-33-30(21-15-11-7-3)25-18-26-31(33)22-16-12-8-4/h17-18,23-26H,5-16,19-22H2,1-4H3. The number of aryl methyl sites for hydroxylation is 4. The first-order chi connectivity index (χ1) is 17.2. The molecule has 0 heterocycles. The van der Waals surface area contributed by atoms with Crippen molar-refractivity contribution in [1.82, 2.24) is 0 Å². The number of nitrogens with zero attached hydrogens (tertiary/aromatic N) is 2. The molecule has 0 aliphatic heterocycles. The molecule has 0 amide bonds. The Kier molecular flexibility index (Phi) is 15.1. The minimum absolute atomic E-state index is 1.09. The smallest absolute Gasteiger partial charge is 0.101 e. The fourth-order valence-electron chi connectivity index (χ4n) is 4.77. The van der Waals surface area contributed by atoms with E-state index in [9.17, 15) is 0 Å². The van der Waals surface area contributed by atoms with Gasteiger partial charge in [0.15, 0.2) is 0 Å². The van der Waals surface area contributed by atoms with Gasteiger partial charge in [-0.15, -0.1) is 0 Å². The number of rotatable bonds is 18. The number of para-hydroxylation sites is 2. The molecular formula is C33H50N2. The van der Waals surface area contributed by atoms with Gasteiger partial charge >= 0.3 is 0 Å². The Balaban J connectivity index is 2.40. The maximum absolute atomic E-state index is 4.92. The summed E-state index contributed by atoms with van der Waals surface area (Å²) in [6.45, 7) is 9.07. The van der Waals surface area contributed by atoms with E-state index in [1.54, 1.807) is 0 Å². The first kappa shape index (κ1) is 29.1. The Morgan fingerprint density at radius 1 is 0.457 bits per heavy atom. The molecule has 0 saturated heterocycles. The van der Waals surface area contributed by atoms with Gasteiger partial charge in [-0.05, 0) is 73.6 Å². The first-order valence-corrected chi connectivity index (χ1v) is 14.6. The van der Waals surface area contributed by atoms with E-state index in [1.165, 1.54) is 99.3 Å². The van der Waals surface area contributed by atoms with Gasteiger partial charge in [0.2, 0.25) is 0 Å². The molecule has 0 saturated carbocycles. The van der Waals surface area contributed by atoms with Crippen LogP contribution in [-0.4, -0.2) is 6.01 Å². The van der Waals surface area contributed by atoms with Gasteiger partial charge in [0.05, 0.1) is 11.4 Å². The van der Waals surface area contributed by atoms with Crippen molar-refractivity contribution >= 4 is 17.4 Å². The molecule has 0 aliphatic carbocycles. The van der Waals surface area contributed by atoms with Crippen LogP contribution < -0.4 is 0 Å². The summed E-state index contributed by atoms with van der Waals surface area (Å²) in [5.74, 6) is 0. The number of benzene rings is 2. The van der Waals surface area contributed by atoms with Crippen LogP contribution in [-0.2, 0) is 25.7 Å². The number of hydrogen-bond donors (Lipinski definition) is 0. The predicted molar refractivity (Wildman–Crippen MR) is 155 cm³/mol. The van der Waals surface area contributed by atoms with Gasteiger partial charge in [-0.1, -0.05) is 115 Å². The molecule has 0 radical (unpaired) electrons. The zero-order valence-corrected chi connectivity index (χ0v) is 23.2. The van der Waals surface area contributed by atoms with Crippen molar-refractivity contribution in [3.8, 4) is 0 Å². The van der Waals surface area contributed by atoms with E-state index in [4.69, 9.17) is 9.98 Å².